The van der Waals surface area contributed by atoms with Crippen molar-refractivity contribution in [1.82, 2.24) is 15.0 Å². The van der Waals surface area contributed by atoms with Crippen LogP contribution in [0.5, 0.6) is 0 Å². The molecular formula is C12H23N3O2. The lowest BCUT2D eigenvalue weighted by Crippen LogP contribution is -2.38. The van der Waals surface area contributed by atoms with Crippen LogP contribution < -0.4 is 0 Å². The molecule has 0 radical (unpaired) electrons. The fourth-order valence-electron chi connectivity index (χ4n) is 1.70. The van der Waals surface area contributed by atoms with Gasteiger partial charge in [-0.3, -0.25) is 4.90 Å². The number of rotatable bonds is 7. The highest BCUT2D eigenvalue weighted by Gasteiger charge is 2.18. The van der Waals surface area contributed by atoms with Crippen molar-refractivity contribution in [1.29, 1.82) is 0 Å². The minimum absolute atomic E-state index is 0.598. The number of hydrogen-bond donors (Lipinski definition) is 1. The second-order valence-corrected chi connectivity index (χ2v) is 4.97. The molecule has 1 heterocycles. The molecule has 0 aliphatic carbocycles. The first-order chi connectivity index (χ1) is 7.94. The van der Waals surface area contributed by atoms with Crippen molar-refractivity contribution in [3.63, 3.8) is 0 Å². The number of aliphatic hydroxyl groups is 1. The molecule has 1 aromatic rings. The molecule has 0 amide bonds. The maximum Gasteiger partial charge on any atom is 0.226 e. The van der Waals surface area contributed by atoms with Gasteiger partial charge in [0.05, 0.1) is 12.1 Å². The summed E-state index contributed by atoms with van der Waals surface area (Å²) in [4.78, 5) is 6.41. The predicted octanol–water partition coefficient (Wildman–Crippen LogP) is 1.61. The summed E-state index contributed by atoms with van der Waals surface area (Å²) in [6.07, 6.45) is 1.83. The molecule has 98 valence electrons. The summed E-state index contributed by atoms with van der Waals surface area (Å²) in [6, 6.07) is 0. The maximum atomic E-state index is 9.78. The molecule has 1 aromatic heterocycles. The first-order valence-electron chi connectivity index (χ1n) is 6.20. The van der Waals surface area contributed by atoms with Crippen molar-refractivity contribution >= 4 is 0 Å². The Labute approximate surface area is 103 Å². The van der Waals surface area contributed by atoms with Crippen LogP contribution in [0, 0.1) is 0 Å². The lowest BCUT2D eigenvalue weighted by molar-refractivity contribution is 0.0343. The Morgan fingerprint density at radius 2 is 2.06 bits per heavy atom. The van der Waals surface area contributed by atoms with E-state index in [4.69, 9.17) is 4.52 Å². The van der Waals surface area contributed by atoms with Crippen molar-refractivity contribution in [3.8, 4) is 0 Å². The van der Waals surface area contributed by atoms with Crippen LogP contribution in [-0.4, -0.2) is 38.8 Å². The van der Waals surface area contributed by atoms with E-state index in [1.165, 1.54) is 0 Å². The van der Waals surface area contributed by atoms with E-state index in [1.54, 1.807) is 13.8 Å². The van der Waals surface area contributed by atoms with Gasteiger partial charge in [0.1, 0.15) is 0 Å². The molecule has 1 N–H and O–H groups in total. The highest BCUT2D eigenvalue weighted by molar-refractivity contribution is 4.87. The van der Waals surface area contributed by atoms with Gasteiger partial charge in [-0.1, -0.05) is 19.0 Å². The average molecular weight is 241 g/mol. The second kappa shape index (κ2) is 6.12. The van der Waals surface area contributed by atoms with Gasteiger partial charge in [-0.15, -0.1) is 0 Å². The Bertz CT molecular complexity index is 331. The van der Waals surface area contributed by atoms with Crippen LogP contribution in [0.4, 0.5) is 0 Å². The first kappa shape index (κ1) is 14.1. The molecule has 0 saturated carbocycles. The van der Waals surface area contributed by atoms with E-state index in [9.17, 15) is 5.11 Å². The van der Waals surface area contributed by atoms with Crippen LogP contribution in [-0.2, 0) is 13.0 Å². The Hall–Kier alpha value is -0.940. The molecule has 0 bridgehead atoms. The molecule has 5 heteroatoms. The van der Waals surface area contributed by atoms with Gasteiger partial charge in [0, 0.05) is 13.0 Å². The van der Waals surface area contributed by atoms with E-state index in [0.29, 0.717) is 24.8 Å². The molecule has 0 atom stereocenters. The highest BCUT2D eigenvalue weighted by atomic mass is 16.5. The standard InChI is InChI=1S/C12H23N3O2/c1-5-7-11-13-10(14-17-11)8-15(6-2)9-12(3,4)16/h16H,5-9H2,1-4H3. The van der Waals surface area contributed by atoms with Gasteiger partial charge in [-0.05, 0) is 26.8 Å². The minimum Gasteiger partial charge on any atom is -0.389 e. The van der Waals surface area contributed by atoms with Crippen molar-refractivity contribution in [2.45, 2.75) is 52.7 Å². The topological polar surface area (TPSA) is 62.4 Å². The SMILES string of the molecule is CCCc1nc(CN(CC)CC(C)(C)O)no1. The van der Waals surface area contributed by atoms with Gasteiger partial charge >= 0.3 is 0 Å². The van der Waals surface area contributed by atoms with Gasteiger partial charge < -0.3 is 9.63 Å². The zero-order valence-electron chi connectivity index (χ0n) is 11.2. The van der Waals surface area contributed by atoms with E-state index in [2.05, 4.69) is 28.9 Å². The number of aryl methyl sites for hydroxylation is 1. The largest absolute Gasteiger partial charge is 0.389 e. The van der Waals surface area contributed by atoms with Gasteiger partial charge in [-0.25, -0.2) is 0 Å². The summed E-state index contributed by atoms with van der Waals surface area (Å²) in [5, 5.41) is 13.7. The molecule has 5 nitrogen and oxygen atoms in total. The van der Waals surface area contributed by atoms with Crippen LogP contribution >= 0.6 is 0 Å². The van der Waals surface area contributed by atoms with Crippen LogP contribution in [0.15, 0.2) is 4.52 Å². The Morgan fingerprint density at radius 1 is 1.35 bits per heavy atom. The summed E-state index contributed by atoms with van der Waals surface area (Å²) in [6.45, 7) is 9.80. The van der Waals surface area contributed by atoms with Crippen LogP contribution in [0.2, 0.25) is 0 Å². The van der Waals surface area contributed by atoms with Crippen molar-refractivity contribution in [2.75, 3.05) is 13.1 Å². The fraction of sp³-hybridized carbons (Fsp3) is 0.833. The third-order valence-corrected chi connectivity index (χ3v) is 2.40. The van der Waals surface area contributed by atoms with E-state index >= 15 is 0 Å². The molecule has 0 fully saturated rings. The summed E-state index contributed by atoms with van der Waals surface area (Å²) in [5.41, 5.74) is -0.702. The quantitative estimate of drug-likeness (QED) is 0.786. The first-order valence-corrected chi connectivity index (χ1v) is 6.20. The second-order valence-electron chi connectivity index (χ2n) is 4.97. The fourth-order valence-corrected chi connectivity index (χ4v) is 1.70. The van der Waals surface area contributed by atoms with E-state index < -0.39 is 5.60 Å². The molecule has 0 aliphatic heterocycles. The zero-order valence-corrected chi connectivity index (χ0v) is 11.2. The van der Waals surface area contributed by atoms with Gasteiger partial charge in [-0.2, -0.15) is 4.98 Å². The Morgan fingerprint density at radius 3 is 2.59 bits per heavy atom. The average Bonchev–Trinajstić information content (AvgIpc) is 2.63. The third kappa shape index (κ3) is 5.28. The summed E-state index contributed by atoms with van der Waals surface area (Å²) in [5.74, 6) is 1.39. The molecule has 0 aliphatic rings. The van der Waals surface area contributed by atoms with E-state index in [-0.39, 0.29) is 0 Å². The molecule has 0 unspecified atom stereocenters. The molecule has 0 saturated heterocycles. The lowest BCUT2D eigenvalue weighted by Gasteiger charge is -2.26. The normalized spacial score (nSPS) is 12.4. The molecule has 1 rings (SSSR count). The smallest absolute Gasteiger partial charge is 0.226 e. The number of nitrogens with zero attached hydrogens (tertiary/aromatic N) is 3. The molecule has 0 aromatic carbocycles. The predicted molar refractivity (Wildman–Crippen MR) is 65.5 cm³/mol. The molecule has 0 spiro atoms. The van der Waals surface area contributed by atoms with Crippen molar-refractivity contribution < 1.29 is 9.63 Å². The van der Waals surface area contributed by atoms with Crippen molar-refractivity contribution in [2.24, 2.45) is 0 Å². The Kier molecular flexibility index (Phi) is 5.08. The summed E-state index contributed by atoms with van der Waals surface area (Å²) >= 11 is 0. The monoisotopic (exact) mass is 241 g/mol. The zero-order chi connectivity index (χ0) is 12.9. The van der Waals surface area contributed by atoms with Crippen LogP contribution in [0.25, 0.3) is 0 Å². The Balaban J connectivity index is 2.54. The summed E-state index contributed by atoms with van der Waals surface area (Å²) < 4.78 is 5.13. The van der Waals surface area contributed by atoms with E-state index in [0.717, 1.165) is 19.4 Å². The molecular weight excluding hydrogens is 218 g/mol. The third-order valence-electron chi connectivity index (χ3n) is 2.40. The van der Waals surface area contributed by atoms with Crippen LogP contribution in [0.1, 0.15) is 45.8 Å². The molecule has 17 heavy (non-hydrogen) atoms. The lowest BCUT2D eigenvalue weighted by atomic mass is 10.1. The van der Waals surface area contributed by atoms with E-state index in [1.807, 2.05) is 0 Å². The van der Waals surface area contributed by atoms with Gasteiger partial charge in [0.25, 0.3) is 0 Å². The van der Waals surface area contributed by atoms with Crippen molar-refractivity contribution in [3.05, 3.63) is 11.7 Å². The number of aromatic nitrogens is 2. The van der Waals surface area contributed by atoms with Crippen LogP contribution in [0.3, 0.4) is 0 Å². The summed E-state index contributed by atoms with van der Waals surface area (Å²) in [7, 11) is 0. The number of hydrogen-bond acceptors (Lipinski definition) is 5. The highest BCUT2D eigenvalue weighted by Crippen LogP contribution is 2.08. The van der Waals surface area contributed by atoms with Gasteiger partial charge in [0.15, 0.2) is 5.82 Å². The number of likely N-dealkylation sites (N-methyl/N-ethyl adjacent to an activating group) is 1. The van der Waals surface area contributed by atoms with Gasteiger partial charge in [0.2, 0.25) is 5.89 Å². The minimum atomic E-state index is -0.702. The maximum absolute atomic E-state index is 9.78.